The zero-order valence-corrected chi connectivity index (χ0v) is 45.4. The van der Waals surface area contributed by atoms with E-state index in [4.69, 9.17) is 18.9 Å². The number of aromatic amines is 1. The van der Waals surface area contributed by atoms with Gasteiger partial charge in [0.25, 0.3) is 0 Å². The number of nitrogens with zero attached hydrogens (tertiary/aromatic N) is 5. The number of amides is 4. The van der Waals surface area contributed by atoms with Gasteiger partial charge in [-0.05, 0) is 85.2 Å². The molecule has 4 amide bonds. The highest BCUT2D eigenvalue weighted by molar-refractivity contribution is 5.89. The average Bonchev–Trinajstić information content (AvgIpc) is 4.19. The van der Waals surface area contributed by atoms with Crippen LogP contribution in [0.2, 0.25) is 0 Å². The van der Waals surface area contributed by atoms with Crippen molar-refractivity contribution in [2.24, 2.45) is 7.05 Å². The number of carbonyl (C=O) groups excluding carboxylic acids is 4. The molecule has 2 aromatic heterocycles. The molecule has 6 aromatic rings. The molecule has 2 fully saturated rings. The maximum absolute atomic E-state index is 14.8. The summed E-state index contributed by atoms with van der Waals surface area (Å²) in [5.41, 5.74) is 4.84. The normalized spacial score (nSPS) is 14.9. The van der Waals surface area contributed by atoms with Crippen LogP contribution in [0, 0.1) is 12.7 Å². The van der Waals surface area contributed by atoms with Crippen LogP contribution in [-0.4, -0.2) is 119 Å². The van der Waals surface area contributed by atoms with Gasteiger partial charge >= 0.3 is 0 Å². The second kappa shape index (κ2) is 27.6. The van der Waals surface area contributed by atoms with Crippen molar-refractivity contribution in [3.8, 4) is 11.5 Å². The second-order valence-corrected chi connectivity index (χ2v) is 20.0. The van der Waals surface area contributed by atoms with E-state index < -0.39 is 23.3 Å². The first-order valence-corrected chi connectivity index (χ1v) is 26.7. The number of hydrogen-bond acceptors (Lipinski definition) is 10. The number of likely N-dealkylation sites (tertiary alicyclic amines) is 2. The third-order valence-corrected chi connectivity index (χ3v) is 14.2. The minimum Gasteiger partial charge on any atom is -0.497 e. The van der Waals surface area contributed by atoms with Crippen molar-refractivity contribution in [3.05, 3.63) is 167 Å². The Kier molecular flexibility index (Phi) is 20.6. The van der Waals surface area contributed by atoms with Gasteiger partial charge in [-0.3, -0.25) is 19.2 Å². The maximum Gasteiger partial charge on any atom is 0.245 e. The minimum atomic E-state index is -0.897. The van der Waals surface area contributed by atoms with E-state index >= 15 is 0 Å². The van der Waals surface area contributed by atoms with E-state index in [0.29, 0.717) is 63.3 Å². The monoisotopic (exact) mass is 1050 g/mol. The number of carbonyl (C=O) groups is 4. The van der Waals surface area contributed by atoms with Gasteiger partial charge < -0.3 is 48.9 Å². The van der Waals surface area contributed by atoms with Gasteiger partial charge in [0.05, 0.1) is 58.7 Å². The maximum atomic E-state index is 14.8. The Morgan fingerprint density at radius 2 is 1.18 bits per heavy atom. The van der Waals surface area contributed by atoms with Crippen LogP contribution in [0.1, 0.15) is 91.6 Å². The largest absolute Gasteiger partial charge is 0.497 e. The van der Waals surface area contributed by atoms with E-state index in [2.05, 4.69) is 58.5 Å². The molecule has 0 radical (unpaired) electrons. The molecule has 0 spiro atoms. The summed E-state index contributed by atoms with van der Waals surface area (Å²) < 4.78 is 39.8. The van der Waals surface area contributed by atoms with Gasteiger partial charge in [0.2, 0.25) is 23.6 Å². The van der Waals surface area contributed by atoms with Crippen molar-refractivity contribution in [2.75, 3.05) is 53.6 Å². The van der Waals surface area contributed by atoms with E-state index in [-0.39, 0.29) is 55.4 Å². The highest BCUT2D eigenvalue weighted by Gasteiger charge is 2.51. The molecule has 2 aliphatic heterocycles. The number of benzene rings is 4. The van der Waals surface area contributed by atoms with Crippen molar-refractivity contribution < 1.29 is 42.5 Å². The Labute approximate surface area is 452 Å². The number of aromatic nitrogens is 4. The lowest BCUT2D eigenvalue weighted by Gasteiger charge is -2.51. The van der Waals surface area contributed by atoms with E-state index in [9.17, 15) is 23.6 Å². The number of ether oxygens (including phenoxy) is 4. The summed E-state index contributed by atoms with van der Waals surface area (Å²) in [6.07, 6.45) is 12.9. The van der Waals surface area contributed by atoms with Crippen LogP contribution in [-0.2, 0) is 72.6 Å². The van der Waals surface area contributed by atoms with Gasteiger partial charge in [-0.15, -0.1) is 0 Å². The average molecular weight is 1060 g/mol. The van der Waals surface area contributed by atoms with E-state index in [1.165, 1.54) is 6.07 Å². The molecule has 16 nitrogen and oxygen atoms in total. The molecule has 17 heteroatoms. The number of H-pyrrole nitrogens is 1. The zero-order chi connectivity index (χ0) is 54.8. The molecule has 4 aromatic carbocycles. The Morgan fingerprint density at radius 3 is 1.64 bits per heavy atom. The summed E-state index contributed by atoms with van der Waals surface area (Å²) in [6, 6.07) is 28.3. The Hall–Kier alpha value is -7.37. The number of nitrogens with one attached hydrogen (secondary N) is 3. The van der Waals surface area contributed by atoms with Crippen molar-refractivity contribution in [2.45, 2.75) is 108 Å². The molecule has 0 unspecified atom stereocenters. The quantitative estimate of drug-likeness (QED) is 0.0455. The molecule has 3 N–H and O–H groups in total. The first-order chi connectivity index (χ1) is 37.3. The van der Waals surface area contributed by atoms with E-state index in [1.807, 2.05) is 83.4 Å². The van der Waals surface area contributed by atoms with Crippen molar-refractivity contribution >= 4 is 23.6 Å². The highest BCUT2D eigenvalue weighted by atomic mass is 19.1. The van der Waals surface area contributed by atoms with Crippen LogP contribution < -0.4 is 20.1 Å². The Morgan fingerprint density at radius 1 is 0.688 bits per heavy atom. The topological polar surface area (TPSA) is 182 Å². The summed E-state index contributed by atoms with van der Waals surface area (Å²) >= 11 is 0. The first-order valence-electron chi connectivity index (χ1n) is 26.7. The predicted octanol–water partition coefficient (Wildman–Crippen LogP) is 7.72. The fourth-order valence-corrected chi connectivity index (χ4v) is 9.75. The lowest BCUT2D eigenvalue weighted by Crippen LogP contribution is -2.66. The van der Waals surface area contributed by atoms with Gasteiger partial charge in [0, 0.05) is 69.6 Å². The van der Waals surface area contributed by atoms with Crippen LogP contribution in [0.4, 0.5) is 4.39 Å². The molecule has 2 aliphatic rings. The third kappa shape index (κ3) is 15.4. The molecular formula is C60H75FN8O8. The SMILES string of the molecule is CCCCOC1(c2ccccc2C)CN(C(=O)[C@@H](Cc2ccc(OC)cc2)NC(=O)CCc2cn(C)cn2)C1.CCCCOC1(c2ccccc2F)CN(C(=O)[C@@H](Cc2ccc(OC)cc2)NC(=O)CCc2cnc[nH]2)C1. The van der Waals surface area contributed by atoms with Crippen LogP contribution in [0.5, 0.6) is 11.5 Å². The molecular weight excluding hydrogens is 980 g/mol. The fourth-order valence-electron chi connectivity index (χ4n) is 9.75. The molecule has 77 heavy (non-hydrogen) atoms. The minimum absolute atomic E-state index is 0.0969. The highest BCUT2D eigenvalue weighted by Crippen LogP contribution is 2.40. The summed E-state index contributed by atoms with van der Waals surface area (Å²) in [7, 11) is 5.11. The molecule has 0 bridgehead atoms. The number of imidazole rings is 2. The smallest absolute Gasteiger partial charge is 0.245 e. The zero-order valence-electron chi connectivity index (χ0n) is 45.4. The van der Waals surface area contributed by atoms with Crippen LogP contribution in [0.3, 0.4) is 0 Å². The number of rotatable bonds is 26. The van der Waals surface area contributed by atoms with Gasteiger partial charge in [0.15, 0.2) is 0 Å². The van der Waals surface area contributed by atoms with E-state index in [0.717, 1.165) is 65.1 Å². The molecule has 410 valence electrons. The third-order valence-electron chi connectivity index (χ3n) is 14.2. The Bertz CT molecular complexity index is 2830. The molecule has 0 aliphatic carbocycles. The van der Waals surface area contributed by atoms with Gasteiger partial charge in [0.1, 0.15) is 40.6 Å². The van der Waals surface area contributed by atoms with Crippen LogP contribution in [0.25, 0.3) is 0 Å². The summed E-state index contributed by atoms with van der Waals surface area (Å²) in [6.45, 7) is 8.78. The van der Waals surface area contributed by atoms with Crippen molar-refractivity contribution in [3.63, 3.8) is 0 Å². The summed E-state index contributed by atoms with van der Waals surface area (Å²) in [4.78, 5) is 68.0. The van der Waals surface area contributed by atoms with Gasteiger partial charge in [-0.2, -0.15) is 0 Å². The molecule has 4 heterocycles. The van der Waals surface area contributed by atoms with Crippen molar-refractivity contribution in [1.29, 1.82) is 0 Å². The summed E-state index contributed by atoms with van der Waals surface area (Å²) in [5.74, 6) is 0.391. The second-order valence-electron chi connectivity index (χ2n) is 20.0. The standard InChI is InChI=1S/C31H40N4O4.C29H35FN4O4/c1-5-6-17-39-31(27-10-8-7-9-23(27)2)20-35(21-31)30(37)28(18-24-11-14-26(38-4)15-12-24)33-29(36)16-13-25-19-34(3)22-32-25;1-3-4-15-38-29(24-7-5-6-8-25(24)30)18-34(19-29)28(36)26(16-21-9-12-23(37-2)13-10-21)33-27(35)14-11-22-17-31-20-32-22/h7-12,14-15,19,22,28H,5-6,13,16-18,20-21H2,1-4H3,(H,33,36);5-10,12-13,17,20,26H,3-4,11,14-16,18-19H2,1-2H3,(H,31,32)(H,33,35)/t28-;26-/m11/s1. The number of hydrogen-bond donors (Lipinski definition) is 3. The molecule has 0 saturated carbocycles. The van der Waals surface area contributed by atoms with Crippen LogP contribution in [0.15, 0.2) is 122 Å². The lowest BCUT2D eigenvalue weighted by atomic mass is 9.82. The van der Waals surface area contributed by atoms with Gasteiger partial charge in [-0.1, -0.05) is 93.4 Å². The molecule has 2 saturated heterocycles. The van der Waals surface area contributed by atoms with Crippen LogP contribution >= 0.6 is 0 Å². The molecule has 2 atom stereocenters. The lowest BCUT2D eigenvalue weighted by molar-refractivity contribution is -0.176. The fraction of sp³-hybridized carbons (Fsp3) is 0.433. The number of aryl methyl sites for hydroxylation is 4. The number of methoxy groups -OCH3 is 2. The summed E-state index contributed by atoms with van der Waals surface area (Å²) in [5, 5.41) is 5.94. The number of unbranched alkanes of at least 4 members (excludes halogenated alkanes) is 2. The van der Waals surface area contributed by atoms with Crippen molar-refractivity contribution in [1.82, 2.24) is 40.0 Å². The first kappa shape index (κ1) is 57.3. The predicted molar refractivity (Wildman–Crippen MR) is 292 cm³/mol. The molecule has 8 rings (SSSR count). The number of halogens is 1. The Balaban J connectivity index is 0.000000224. The van der Waals surface area contributed by atoms with E-state index in [1.54, 1.807) is 56.2 Å². The van der Waals surface area contributed by atoms with Gasteiger partial charge in [-0.25, -0.2) is 14.4 Å².